The summed E-state index contributed by atoms with van der Waals surface area (Å²) in [5.41, 5.74) is 3.32. The number of nitrogens with one attached hydrogen (secondary N) is 1. The number of halogens is 1. The van der Waals surface area contributed by atoms with Gasteiger partial charge in [-0.25, -0.2) is 0 Å². The zero-order chi connectivity index (χ0) is 14.1. The summed E-state index contributed by atoms with van der Waals surface area (Å²) in [4.78, 5) is 4.51. The molecule has 4 heteroatoms. The number of para-hydroxylation sites is 1. The third-order valence-electron chi connectivity index (χ3n) is 3.82. The smallest absolute Gasteiger partial charge is 0.123 e. The van der Waals surface area contributed by atoms with E-state index in [1.165, 1.54) is 0 Å². The molecule has 0 amide bonds. The molecule has 2 heterocycles. The Morgan fingerprint density at radius 3 is 2.45 bits per heavy atom. The van der Waals surface area contributed by atoms with Gasteiger partial charge >= 0.3 is 0 Å². The Morgan fingerprint density at radius 1 is 0.955 bits per heavy atom. The molecule has 22 heavy (non-hydrogen) atoms. The fraction of sp³-hybridized carbons (Fsp3) is 0.167. The van der Waals surface area contributed by atoms with Gasteiger partial charge in [0.25, 0.3) is 0 Å². The highest BCUT2D eigenvalue weighted by Crippen LogP contribution is 2.25. The summed E-state index contributed by atoms with van der Waals surface area (Å²) in [7, 11) is 0. The minimum absolute atomic E-state index is 0. The molecule has 2 aromatic carbocycles. The van der Waals surface area contributed by atoms with Crippen LogP contribution in [0.15, 0.2) is 60.8 Å². The van der Waals surface area contributed by atoms with Gasteiger partial charge in [0.05, 0.1) is 5.52 Å². The van der Waals surface area contributed by atoms with Gasteiger partial charge in [-0.15, -0.1) is 12.4 Å². The third-order valence-corrected chi connectivity index (χ3v) is 3.82. The van der Waals surface area contributed by atoms with Crippen LogP contribution in [0.4, 0.5) is 0 Å². The van der Waals surface area contributed by atoms with Crippen LogP contribution in [-0.2, 0) is 0 Å². The SMILES string of the molecule is Cl.c1ccc2ncc(-c3ccc(OC4CNC4)cc3)cc2c1. The molecular weight excluding hydrogens is 296 g/mol. The van der Waals surface area contributed by atoms with E-state index in [1.807, 2.05) is 36.5 Å². The Balaban J connectivity index is 0.00000144. The molecule has 1 aromatic heterocycles. The van der Waals surface area contributed by atoms with Crippen molar-refractivity contribution in [3.63, 3.8) is 0 Å². The third kappa shape index (κ3) is 2.91. The minimum atomic E-state index is 0. The van der Waals surface area contributed by atoms with Gasteiger partial charge in [-0.3, -0.25) is 4.98 Å². The summed E-state index contributed by atoms with van der Waals surface area (Å²) in [5, 5.41) is 4.37. The lowest BCUT2D eigenvalue weighted by molar-refractivity contribution is 0.142. The Bertz CT molecular complexity index is 769. The largest absolute Gasteiger partial charge is 0.488 e. The Kier molecular flexibility index (Phi) is 4.27. The van der Waals surface area contributed by atoms with Gasteiger partial charge in [-0.1, -0.05) is 30.3 Å². The standard InChI is InChI=1S/C18H16N2O.ClH/c1-2-4-18-14(3-1)9-15(10-20-18)13-5-7-16(8-6-13)21-17-11-19-12-17;/h1-10,17,19H,11-12H2;1H. The minimum Gasteiger partial charge on any atom is -0.488 e. The molecule has 0 saturated carbocycles. The Labute approximate surface area is 135 Å². The molecule has 0 bridgehead atoms. The summed E-state index contributed by atoms with van der Waals surface area (Å²) < 4.78 is 5.83. The van der Waals surface area contributed by atoms with Gasteiger partial charge in [-0.05, 0) is 29.8 Å². The van der Waals surface area contributed by atoms with Crippen LogP contribution in [0.3, 0.4) is 0 Å². The normalized spacial score (nSPS) is 14.2. The first kappa shape index (κ1) is 14.8. The molecular formula is C18H17ClN2O. The topological polar surface area (TPSA) is 34.1 Å². The monoisotopic (exact) mass is 312 g/mol. The van der Waals surface area contributed by atoms with E-state index in [1.54, 1.807) is 0 Å². The van der Waals surface area contributed by atoms with Crippen molar-refractivity contribution in [3.8, 4) is 16.9 Å². The van der Waals surface area contributed by atoms with Crippen LogP contribution in [0, 0.1) is 0 Å². The summed E-state index contributed by atoms with van der Waals surface area (Å²) in [6.45, 7) is 1.88. The van der Waals surface area contributed by atoms with Gasteiger partial charge in [0.2, 0.25) is 0 Å². The second-order valence-electron chi connectivity index (χ2n) is 5.34. The van der Waals surface area contributed by atoms with E-state index in [2.05, 4.69) is 34.6 Å². The fourth-order valence-corrected chi connectivity index (χ4v) is 2.49. The molecule has 0 unspecified atom stereocenters. The first-order valence-corrected chi connectivity index (χ1v) is 7.21. The maximum atomic E-state index is 5.83. The van der Waals surface area contributed by atoms with Gasteiger partial charge < -0.3 is 10.1 Å². The first-order chi connectivity index (χ1) is 10.4. The van der Waals surface area contributed by atoms with Crippen LogP contribution in [0.5, 0.6) is 5.75 Å². The van der Waals surface area contributed by atoms with Crippen LogP contribution in [-0.4, -0.2) is 24.2 Å². The van der Waals surface area contributed by atoms with Crippen molar-refractivity contribution >= 4 is 23.3 Å². The summed E-state index contributed by atoms with van der Waals surface area (Å²) in [5.74, 6) is 0.930. The molecule has 1 N–H and O–H groups in total. The van der Waals surface area contributed by atoms with Crippen LogP contribution in [0.25, 0.3) is 22.0 Å². The van der Waals surface area contributed by atoms with Crippen LogP contribution < -0.4 is 10.1 Å². The van der Waals surface area contributed by atoms with E-state index in [9.17, 15) is 0 Å². The van der Waals surface area contributed by atoms with Crippen molar-refractivity contribution in [2.45, 2.75) is 6.10 Å². The maximum Gasteiger partial charge on any atom is 0.123 e. The van der Waals surface area contributed by atoms with Crippen molar-refractivity contribution < 1.29 is 4.74 Å². The molecule has 0 atom stereocenters. The summed E-state index contributed by atoms with van der Waals surface area (Å²) >= 11 is 0. The molecule has 3 nitrogen and oxygen atoms in total. The number of pyridine rings is 1. The number of hydrogen-bond acceptors (Lipinski definition) is 3. The highest BCUT2D eigenvalue weighted by Gasteiger charge is 2.17. The number of hydrogen-bond donors (Lipinski definition) is 1. The summed E-state index contributed by atoms with van der Waals surface area (Å²) in [6.07, 6.45) is 2.24. The van der Waals surface area contributed by atoms with Gasteiger partial charge in [-0.2, -0.15) is 0 Å². The first-order valence-electron chi connectivity index (χ1n) is 7.21. The molecule has 1 aliphatic rings. The molecule has 4 rings (SSSR count). The number of benzene rings is 2. The molecule has 1 saturated heterocycles. The number of nitrogens with zero attached hydrogens (tertiary/aromatic N) is 1. The number of rotatable bonds is 3. The number of aromatic nitrogens is 1. The molecule has 0 aliphatic carbocycles. The number of fused-ring (bicyclic) bond motifs is 1. The Hall–Kier alpha value is -2.10. The molecule has 0 radical (unpaired) electrons. The van der Waals surface area contributed by atoms with Crippen molar-refractivity contribution in [1.82, 2.24) is 10.3 Å². The fourth-order valence-electron chi connectivity index (χ4n) is 2.49. The lowest BCUT2D eigenvalue weighted by Gasteiger charge is -2.27. The van der Waals surface area contributed by atoms with Gasteiger partial charge in [0.15, 0.2) is 0 Å². The van der Waals surface area contributed by atoms with Crippen molar-refractivity contribution in [1.29, 1.82) is 0 Å². The van der Waals surface area contributed by atoms with E-state index < -0.39 is 0 Å². The molecule has 1 aliphatic heterocycles. The molecule has 1 fully saturated rings. The highest BCUT2D eigenvalue weighted by molar-refractivity contribution is 5.85. The molecule has 3 aromatic rings. The van der Waals surface area contributed by atoms with Gasteiger partial charge in [0.1, 0.15) is 11.9 Å². The van der Waals surface area contributed by atoms with Crippen LogP contribution in [0.1, 0.15) is 0 Å². The Morgan fingerprint density at radius 2 is 1.73 bits per heavy atom. The average molecular weight is 313 g/mol. The maximum absolute atomic E-state index is 5.83. The van der Waals surface area contributed by atoms with Gasteiger partial charge in [0, 0.05) is 30.2 Å². The average Bonchev–Trinajstić information content (AvgIpc) is 2.51. The predicted molar refractivity (Wildman–Crippen MR) is 91.7 cm³/mol. The zero-order valence-corrected chi connectivity index (χ0v) is 12.8. The van der Waals surface area contributed by atoms with Crippen molar-refractivity contribution in [2.75, 3.05) is 13.1 Å². The zero-order valence-electron chi connectivity index (χ0n) is 12.0. The highest BCUT2D eigenvalue weighted by atomic mass is 35.5. The molecule has 112 valence electrons. The lowest BCUT2D eigenvalue weighted by atomic mass is 10.1. The second-order valence-corrected chi connectivity index (χ2v) is 5.34. The van der Waals surface area contributed by atoms with Crippen molar-refractivity contribution in [3.05, 3.63) is 60.8 Å². The van der Waals surface area contributed by atoms with E-state index in [0.717, 1.165) is 40.9 Å². The molecule has 0 spiro atoms. The van der Waals surface area contributed by atoms with Crippen LogP contribution in [0.2, 0.25) is 0 Å². The van der Waals surface area contributed by atoms with E-state index in [4.69, 9.17) is 4.74 Å². The quantitative estimate of drug-likeness (QED) is 0.801. The predicted octanol–water partition coefficient (Wildman–Crippen LogP) is 3.67. The second kappa shape index (κ2) is 6.34. The number of ether oxygens (including phenoxy) is 1. The van der Waals surface area contributed by atoms with Crippen molar-refractivity contribution in [2.24, 2.45) is 0 Å². The van der Waals surface area contributed by atoms with E-state index >= 15 is 0 Å². The van der Waals surface area contributed by atoms with Crippen LogP contribution >= 0.6 is 12.4 Å². The lowest BCUT2D eigenvalue weighted by Crippen LogP contribution is -2.50. The summed E-state index contributed by atoms with van der Waals surface area (Å²) in [6, 6.07) is 18.6. The van der Waals surface area contributed by atoms with E-state index in [0.29, 0.717) is 6.10 Å². The van der Waals surface area contributed by atoms with E-state index in [-0.39, 0.29) is 12.4 Å².